The van der Waals surface area contributed by atoms with Crippen molar-refractivity contribution in [3.8, 4) is 5.75 Å². The molecule has 0 bridgehead atoms. The Bertz CT molecular complexity index is 465. The van der Waals surface area contributed by atoms with Gasteiger partial charge >= 0.3 is 0 Å². The minimum absolute atomic E-state index is 0.801. The molecule has 0 radical (unpaired) electrons. The predicted octanol–water partition coefficient (Wildman–Crippen LogP) is 3.27. The van der Waals surface area contributed by atoms with Gasteiger partial charge in [-0.25, -0.2) is 4.98 Å². The molecule has 20 heavy (non-hydrogen) atoms. The maximum absolute atomic E-state index is 5.69. The third-order valence-corrected chi connectivity index (χ3v) is 3.14. The van der Waals surface area contributed by atoms with E-state index >= 15 is 0 Å². The highest BCUT2D eigenvalue weighted by atomic mass is 16.5. The van der Waals surface area contributed by atoms with E-state index in [0.29, 0.717) is 0 Å². The number of hydrogen-bond acceptors (Lipinski definition) is 3. The maximum atomic E-state index is 5.69. The number of aromatic nitrogens is 2. The number of imidazole rings is 1. The topological polar surface area (TPSA) is 49.9 Å². The second-order valence-electron chi connectivity index (χ2n) is 4.88. The Morgan fingerprint density at radius 2 is 2.00 bits per heavy atom. The Labute approximate surface area is 120 Å². The van der Waals surface area contributed by atoms with Crippen LogP contribution in [0.15, 0.2) is 36.8 Å². The standard InChI is InChI=1S/C16H23N3O/c1-2-3-4-9-20-16-7-5-14(6-8-16)10-17-11-15-12-18-13-19-15/h5-8,12-13,17H,2-4,9-11H2,1H3,(H,18,19). The Hall–Kier alpha value is -1.81. The van der Waals surface area contributed by atoms with E-state index in [1.54, 1.807) is 6.33 Å². The minimum atomic E-state index is 0.801. The molecule has 0 amide bonds. The second-order valence-corrected chi connectivity index (χ2v) is 4.88. The number of benzene rings is 1. The van der Waals surface area contributed by atoms with E-state index < -0.39 is 0 Å². The molecule has 0 unspecified atom stereocenters. The van der Waals surface area contributed by atoms with Crippen LogP contribution in [-0.4, -0.2) is 16.6 Å². The summed E-state index contributed by atoms with van der Waals surface area (Å²) in [5, 5.41) is 3.37. The predicted molar refractivity (Wildman–Crippen MR) is 80.6 cm³/mol. The van der Waals surface area contributed by atoms with E-state index in [2.05, 4.69) is 34.3 Å². The summed E-state index contributed by atoms with van der Waals surface area (Å²) in [4.78, 5) is 7.06. The first kappa shape index (κ1) is 14.6. The van der Waals surface area contributed by atoms with Gasteiger partial charge in [-0.05, 0) is 24.1 Å². The number of nitrogens with zero attached hydrogens (tertiary/aromatic N) is 1. The molecule has 0 aliphatic rings. The molecule has 4 nitrogen and oxygen atoms in total. The van der Waals surface area contributed by atoms with Crippen LogP contribution in [0.5, 0.6) is 5.75 Å². The molecule has 1 aromatic carbocycles. The highest BCUT2D eigenvalue weighted by molar-refractivity contribution is 5.27. The molecule has 0 saturated heterocycles. The van der Waals surface area contributed by atoms with Crippen molar-refractivity contribution >= 4 is 0 Å². The molecule has 0 atom stereocenters. The Morgan fingerprint density at radius 1 is 1.15 bits per heavy atom. The zero-order valence-electron chi connectivity index (χ0n) is 12.1. The average Bonchev–Trinajstić information content (AvgIpc) is 2.98. The number of H-pyrrole nitrogens is 1. The lowest BCUT2D eigenvalue weighted by Gasteiger charge is -2.07. The molecule has 2 rings (SSSR count). The van der Waals surface area contributed by atoms with Crippen LogP contribution in [0.25, 0.3) is 0 Å². The van der Waals surface area contributed by atoms with Gasteiger partial charge in [0.1, 0.15) is 5.75 Å². The fourth-order valence-electron chi connectivity index (χ4n) is 1.97. The van der Waals surface area contributed by atoms with Crippen molar-refractivity contribution < 1.29 is 4.74 Å². The highest BCUT2D eigenvalue weighted by Gasteiger charge is 1.97. The molecule has 2 aromatic rings. The van der Waals surface area contributed by atoms with Gasteiger partial charge < -0.3 is 15.0 Å². The van der Waals surface area contributed by atoms with Crippen molar-refractivity contribution in [3.63, 3.8) is 0 Å². The van der Waals surface area contributed by atoms with Gasteiger partial charge in [0.05, 0.1) is 12.9 Å². The van der Waals surface area contributed by atoms with E-state index in [4.69, 9.17) is 4.74 Å². The van der Waals surface area contributed by atoms with E-state index in [1.165, 1.54) is 18.4 Å². The summed E-state index contributed by atoms with van der Waals surface area (Å²) in [6, 6.07) is 8.29. The van der Waals surface area contributed by atoms with Crippen LogP contribution >= 0.6 is 0 Å². The number of rotatable bonds is 9. The van der Waals surface area contributed by atoms with Gasteiger partial charge in [0.15, 0.2) is 0 Å². The van der Waals surface area contributed by atoms with Gasteiger partial charge in [-0.1, -0.05) is 31.9 Å². The normalized spacial score (nSPS) is 10.7. The first-order valence-corrected chi connectivity index (χ1v) is 7.28. The average molecular weight is 273 g/mol. The number of unbranched alkanes of at least 4 members (excludes halogenated alkanes) is 2. The number of nitrogens with one attached hydrogen (secondary N) is 2. The smallest absolute Gasteiger partial charge is 0.119 e. The van der Waals surface area contributed by atoms with E-state index in [9.17, 15) is 0 Å². The first-order chi connectivity index (χ1) is 9.88. The van der Waals surface area contributed by atoms with Crippen molar-refractivity contribution in [1.29, 1.82) is 0 Å². The quantitative estimate of drug-likeness (QED) is 0.689. The summed E-state index contributed by atoms with van der Waals surface area (Å²) in [6.07, 6.45) is 7.12. The van der Waals surface area contributed by atoms with Gasteiger partial charge in [-0.2, -0.15) is 0 Å². The summed E-state index contributed by atoms with van der Waals surface area (Å²) in [5.74, 6) is 0.957. The molecule has 0 saturated carbocycles. The molecule has 4 heteroatoms. The minimum Gasteiger partial charge on any atom is -0.494 e. The molecule has 0 aliphatic heterocycles. The summed E-state index contributed by atoms with van der Waals surface area (Å²) < 4.78 is 5.69. The van der Waals surface area contributed by atoms with Gasteiger partial charge in [0.2, 0.25) is 0 Å². The van der Waals surface area contributed by atoms with Crippen LogP contribution in [0.4, 0.5) is 0 Å². The Kier molecular flexibility index (Phi) is 6.11. The number of aromatic amines is 1. The summed E-state index contributed by atoms with van der Waals surface area (Å²) in [5.41, 5.74) is 2.35. The van der Waals surface area contributed by atoms with Crippen LogP contribution in [0, 0.1) is 0 Å². The largest absolute Gasteiger partial charge is 0.494 e. The number of hydrogen-bond donors (Lipinski definition) is 2. The third-order valence-electron chi connectivity index (χ3n) is 3.14. The lowest BCUT2D eigenvalue weighted by atomic mass is 10.2. The molecule has 0 spiro atoms. The molecule has 1 aromatic heterocycles. The van der Waals surface area contributed by atoms with Gasteiger partial charge in [-0.3, -0.25) is 0 Å². The molecule has 0 aliphatic carbocycles. The monoisotopic (exact) mass is 273 g/mol. The van der Waals surface area contributed by atoms with Crippen LogP contribution in [-0.2, 0) is 13.1 Å². The van der Waals surface area contributed by atoms with E-state index in [-0.39, 0.29) is 0 Å². The highest BCUT2D eigenvalue weighted by Crippen LogP contribution is 2.13. The Balaban J connectivity index is 1.68. The van der Waals surface area contributed by atoms with Gasteiger partial charge in [0, 0.05) is 25.0 Å². The molecular weight excluding hydrogens is 250 g/mol. The first-order valence-electron chi connectivity index (χ1n) is 7.28. The van der Waals surface area contributed by atoms with Crippen LogP contribution < -0.4 is 10.1 Å². The van der Waals surface area contributed by atoms with Gasteiger partial charge in [-0.15, -0.1) is 0 Å². The molecule has 0 fully saturated rings. The fraction of sp³-hybridized carbons (Fsp3) is 0.438. The summed E-state index contributed by atoms with van der Waals surface area (Å²) in [7, 11) is 0. The fourth-order valence-corrected chi connectivity index (χ4v) is 1.97. The Morgan fingerprint density at radius 3 is 2.70 bits per heavy atom. The molecule has 1 heterocycles. The summed E-state index contributed by atoms with van der Waals surface area (Å²) >= 11 is 0. The maximum Gasteiger partial charge on any atom is 0.119 e. The molecule has 2 N–H and O–H groups in total. The van der Waals surface area contributed by atoms with Crippen LogP contribution in [0.2, 0.25) is 0 Å². The van der Waals surface area contributed by atoms with Crippen LogP contribution in [0.3, 0.4) is 0 Å². The van der Waals surface area contributed by atoms with Crippen molar-refractivity contribution in [3.05, 3.63) is 48.0 Å². The SMILES string of the molecule is CCCCCOc1ccc(CNCc2cnc[nH]2)cc1. The van der Waals surface area contributed by atoms with Crippen molar-refractivity contribution in [2.75, 3.05) is 6.61 Å². The van der Waals surface area contributed by atoms with Crippen molar-refractivity contribution in [2.24, 2.45) is 0 Å². The van der Waals surface area contributed by atoms with Crippen molar-refractivity contribution in [1.82, 2.24) is 15.3 Å². The zero-order valence-corrected chi connectivity index (χ0v) is 12.1. The molecule has 108 valence electrons. The molecular formula is C16H23N3O. The van der Waals surface area contributed by atoms with Crippen molar-refractivity contribution in [2.45, 2.75) is 39.3 Å². The van der Waals surface area contributed by atoms with E-state index in [1.807, 2.05) is 18.3 Å². The third kappa shape index (κ3) is 5.05. The van der Waals surface area contributed by atoms with E-state index in [0.717, 1.165) is 37.6 Å². The lowest BCUT2D eigenvalue weighted by molar-refractivity contribution is 0.306. The number of ether oxygens (including phenoxy) is 1. The van der Waals surface area contributed by atoms with Crippen LogP contribution in [0.1, 0.15) is 37.4 Å². The summed E-state index contributed by atoms with van der Waals surface area (Å²) in [6.45, 7) is 4.65. The zero-order chi connectivity index (χ0) is 14.0. The van der Waals surface area contributed by atoms with Gasteiger partial charge in [0.25, 0.3) is 0 Å². The lowest BCUT2D eigenvalue weighted by Crippen LogP contribution is -2.12. The second kappa shape index (κ2) is 8.38.